The van der Waals surface area contributed by atoms with Gasteiger partial charge in [-0.25, -0.2) is 4.98 Å². The standard InChI is InChI=1S/C19H15F3N2O2/c1-24(18(25)19(20,21)22)14-6-3-12(4-7-14)16-9-5-13-11-15(26-2)8-10-17(13)23-16/h3-11H,1-2H3. The van der Waals surface area contributed by atoms with E-state index in [4.69, 9.17) is 4.74 Å². The second kappa shape index (κ2) is 6.67. The Bertz CT molecular complexity index is 953. The van der Waals surface area contributed by atoms with Crippen LogP contribution < -0.4 is 9.64 Å². The number of nitrogens with zero attached hydrogens (tertiary/aromatic N) is 2. The minimum Gasteiger partial charge on any atom is -0.497 e. The fourth-order valence-electron chi connectivity index (χ4n) is 2.55. The SMILES string of the molecule is COc1ccc2nc(-c3ccc(N(C)C(=O)C(F)(F)F)cc3)ccc2c1. The Morgan fingerprint density at radius 1 is 1.04 bits per heavy atom. The molecule has 0 radical (unpaired) electrons. The molecule has 0 bridgehead atoms. The number of halogens is 3. The van der Waals surface area contributed by atoms with Crippen LogP contribution in [0.2, 0.25) is 0 Å². The fraction of sp³-hybridized carbons (Fsp3) is 0.158. The van der Waals surface area contributed by atoms with Crippen molar-refractivity contribution in [1.82, 2.24) is 4.98 Å². The average molecular weight is 360 g/mol. The third kappa shape index (κ3) is 3.46. The molecule has 0 unspecified atom stereocenters. The van der Waals surface area contributed by atoms with E-state index in [-0.39, 0.29) is 5.69 Å². The lowest BCUT2D eigenvalue weighted by atomic mass is 10.1. The Labute approximate surface area is 147 Å². The Hall–Kier alpha value is -3.09. The van der Waals surface area contributed by atoms with Crippen LogP contribution in [0, 0.1) is 0 Å². The molecule has 0 fully saturated rings. The van der Waals surface area contributed by atoms with Crippen molar-refractivity contribution in [2.45, 2.75) is 6.18 Å². The molecular weight excluding hydrogens is 345 g/mol. The first kappa shape index (κ1) is 17.7. The maximum Gasteiger partial charge on any atom is 0.471 e. The van der Waals surface area contributed by atoms with Crippen molar-refractivity contribution in [3.8, 4) is 17.0 Å². The van der Waals surface area contributed by atoms with Crippen LogP contribution in [0.4, 0.5) is 18.9 Å². The molecule has 1 aromatic heterocycles. The van der Waals surface area contributed by atoms with Crippen molar-refractivity contribution in [2.24, 2.45) is 0 Å². The maximum atomic E-state index is 12.5. The lowest BCUT2D eigenvalue weighted by Gasteiger charge is -2.19. The van der Waals surface area contributed by atoms with Crippen LogP contribution in [-0.2, 0) is 4.79 Å². The molecule has 4 nitrogen and oxygen atoms in total. The first-order valence-corrected chi connectivity index (χ1v) is 7.70. The van der Waals surface area contributed by atoms with Gasteiger partial charge in [-0.2, -0.15) is 13.2 Å². The number of carbonyl (C=O) groups excluding carboxylic acids is 1. The number of benzene rings is 2. The molecule has 0 aliphatic heterocycles. The summed E-state index contributed by atoms with van der Waals surface area (Å²) in [6.07, 6.45) is -4.91. The predicted molar refractivity (Wildman–Crippen MR) is 93.2 cm³/mol. The van der Waals surface area contributed by atoms with Gasteiger partial charge in [-0.1, -0.05) is 18.2 Å². The van der Waals surface area contributed by atoms with Gasteiger partial charge in [0.05, 0.1) is 18.3 Å². The molecule has 0 aliphatic rings. The fourth-order valence-corrected chi connectivity index (χ4v) is 2.55. The second-order valence-corrected chi connectivity index (χ2v) is 5.66. The lowest BCUT2D eigenvalue weighted by molar-refractivity contribution is -0.170. The lowest BCUT2D eigenvalue weighted by Crippen LogP contribution is -2.38. The van der Waals surface area contributed by atoms with Gasteiger partial charge in [-0.3, -0.25) is 4.79 Å². The number of methoxy groups -OCH3 is 1. The number of hydrogen-bond donors (Lipinski definition) is 0. The highest BCUT2D eigenvalue weighted by Gasteiger charge is 2.41. The minimum absolute atomic E-state index is 0.154. The summed E-state index contributed by atoms with van der Waals surface area (Å²) >= 11 is 0. The quantitative estimate of drug-likeness (QED) is 0.694. The zero-order valence-corrected chi connectivity index (χ0v) is 14.0. The predicted octanol–water partition coefficient (Wildman–Crippen LogP) is 4.44. The van der Waals surface area contributed by atoms with Gasteiger partial charge in [0.15, 0.2) is 0 Å². The molecule has 0 saturated heterocycles. The number of fused-ring (bicyclic) bond motifs is 1. The molecule has 1 amide bonds. The molecule has 0 aliphatic carbocycles. The van der Waals surface area contributed by atoms with Crippen LogP contribution in [0.3, 0.4) is 0 Å². The Morgan fingerprint density at radius 2 is 1.73 bits per heavy atom. The van der Waals surface area contributed by atoms with Crippen molar-refractivity contribution in [2.75, 3.05) is 19.1 Å². The van der Waals surface area contributed by atoms with Gasteiger partial charge in [-0.15, -0.1) is 0 Å². The van der Waals surface area contributed by atoms with Gasteiger partial charge < -0.3 is 9.64 Å². The highest BCUT2D eigenvalue weighted by atomic mass is 19.4. The number of anilines is 1. The number of hydrogen-bond acceptors (Lipinski definition) is 3. The number of pyridine rings is 1. The van der Waals surface area contributed by atoms with Crippen molar-refractivity contribution < 1.29 is 22.7 Å². The van der Waals surface area contributed by atoms with Gasteiger partial charge in [0.2, 0.25) is 0 Å². The molecule has 0 spiro atoms. The number of rotatable bonds is 3. The summed E-state index contributed by atoms with van der Waals surface area (Å²) in [5.41, 5.74) is 2.34. The summed E-state index contributed by atoms with van der Waals surface area (Å²) in [6.45, 7) is 0. The molecule has 1 heterocycles. The van der Waals surface area contributed by atoms with Gasteiger partial charge in [0, 0.05) is 23.7 Å². The van der Waals surface area contributed by atoms with Crippen LogP contribution in [0.25, 0.3) is 22.2 Å². The largest absolute Gasteiger partial charge is 0.497 e. The third-order valence-corrected chi connectivity index (χ3v) is 3.99. The summed E-state index contributed by atoms with van der Waals surface area (Å²) < 4.78 is 42.7. The molecule has 3 aromatic rings. The maximum absolute atomic E-state index is 12.5. The van der Waals surface area contributed by atoms with E-state index in [1.165, 1.54) is 12.1 Å². The van der Waals surface area contributed by atoms with Crippen molar-refractivity contribution in [3.05, 3.63) is 54.6 Å². The highest BCUT2D eigenvalue weighted by Crippen LogP contribution is 2.27. The van der Waals surface area contributed by atoms with Gasteiger partial charge >= 0.3 is 12.1 Å². The normalized spacial score (nSPS) is 11.4. The average Bonchev–Trinajstić information content (AvgIpc) is 2.65. The van der Waals surface area contributed by atoms with Crippen molar-refractivity contribution >= 4 is 22.5 Å². The zero-order chi connectivity index (χ0) is 18.9. The van der Waals surface area contributed by atoms with E-state index in [2.05, 4.69) is 4.98 Å². The number of aromatic nitrogens is 1. The number of ether oxygens (including phenoxy) is 1. The van der Waals surface area contributed by atoms with Crippen LogP contribution >= 0.6 is 0 Å². The smallest absolute Gasteiger partial charge is 0.471 e. The number of carbonyl (C=O) groups is 1. The van der Waals surface area contributed by atoms with E-state index >= 15 is 0 Å². The topological polar surface area (TPSA) is 42.4 Å². The van der Waals surface area contributed by atoms with Crippen LogP contribution in [-0.4, -0.2) is 31.2 Å². The molecule has 7 heteroatoms. The zero-order valence-electron chi connectivity index (χ0n) is 14.0. The Kier molecular flexibility index (Phi) is 4.54. The number of alkyl halides is 3. The van der Waals surface area contributed by atoms with Crippen molar-refractivity contribution in [1.29, 1.82) is 0 Å². The van der Waals surface area contributed by atoms with Gasteiger partial charge in [0.1, 0.15) is 5.75 Å². The first-order valence-electron chi connectivity index (χ1n) is 7.70. The monoisotopic (exact) mass is 360 g/mol. The summed E-state index contributed by atoms with van der Waals surface area (Å²) in [6, 6.07) is 15.4. The molecule has 0 atom stereocenters. The van der Waals surface area contributed by atoms with E-state index in [9.17, 15) is 18.0 Å². The second-order valence-electron chi connectivity index (χ2n) is 5.66. The summed E-state index contributed by atoms with van der Waals surface area (Å²) in [7, 11) is 2.68. The van der Waals surface area contributed by atoms with Crippen molar-refractivity contribution in [3.63, 3.8) is 0 Å². The summed E-state index contributed by atoms with van der Waals surface area (Å²) in [5.74, 6) is -1.18. The highest BCUT2D eigenvalue weighted by molar-refractivity contribution is 5.97. The minimum atomic E-state index is -4.91. The number of amides is 1. The van der Waals surface area contributed by atoms with E-state index in [0.29, 0.717) is 10.6 Å². The summed E-state index contributed by atoms with van der Waals surface area (Å²) in [5, 5.41) is 0.917. The van der Waals surface area contributed by atoms with Crippen LogP contribution in [0.15, 0.2) is 54.6 Å². The van der Waals surface area contributed by atoms with Gasteiger partial charge in [0.25, 0.3) is 0 Å². The van der Waals surface area contributed by atoms with Gasteiger partial charge in [-0.05, 0) is 36.4 Å². The molecule has 0 N–H and O–H groups in total. The van der Waals surface area contributed by atoms with Crippen LogP contribution in [0.1, 0.15) is 0 Å². The van der Waals surface area contributed by atoms with Crippen LogP contribution in [0.5, 0.6) is 5.75 Å². The molecule has 26 heavy (non-hydrogen) atoms. The van der Waals surface area contributed by atoms with E-state index in [1.54, 1.807) is 25.3 Å². The molecule has 0 saturated carbocycles. The first-order chi connectivity index (χ1) is 12.3. The molecule has 134 valence electrons. The van der Waals surface area contributed by atoms with E-state index in [0.717, 1.165) is 29.3 Å². The Balaban J connectivity index is 1.89. The molecular formula is C19H15F3N2O2. The van der Waals surface area contributed by atoms with E-state index < -0.39 is 12.1 Å². The summed E-state index contributed by atoms with van der Waals surface area (Å²) in [4.78, 5) is 16.4. The Morgan fingerprint density at radius 3 is 2.35 bits per heavy atom. The third-order valence-electron chi connectivity index (χ3n) is 3.99. The van der Waals surface area contributed by atoms with E-state index in [1.807, 2.05) is 24.3 Å². The molecule has 2 aromatic carbocycles. The molecule has 3 rings (SSSR count).